The van der Waals surface area contributed by atoms with Crippen molar-refractivity contribution in [3.05, 3.63) is 42.1 Å². The van der Waals surface area contributed by atoms with Crippen molar-refractivity contribution in [2.75, 3.05) is 6.54 Å². The summed E-state index contributed by atoms with van der Waals surface area (Å²) < 4.78 is 0. The number of aromatic nitrogens is 1. The Balaban J connectivity index is 1.93. The van der Waals surface area contributed by atoms with Gasteiger partial charge in [-0.15, -0.1) is 0 Å². The summed E-state index contributed by atoms with van der Waals surface area (Å²) in [6.45, 7) is 0.501. The molecule has 1 amide bonds. The molecule has 2 heterocycles. The van der Waals surface area contributed by atoms with Crippen LogP contribution in [0.15, 0.2) is 36.5 Å². The van der Waals surface area contributed by atoms with E-state index in [9.17, 15) is 14.7 Å². The van der Waals surface area contributed by atoms with Gasteiger partial charge in [0.1, 0.15) is 6.04 Å². The summed E-state index contributed by atoms with van der Waals surface area (Å²) >= 11 is 0. The van der Waals surface area contributed by atoms with Crippen LogP contribution < -0.4 is 0 Å². The Morgan fingerprint density at radius 2 is 2.10 bits per heavy atom. The van der Waals surface area contributed by atoms with Crippen molar-refractivity contribution < 1.29 is 14.7 Å². The number of carboxylic acid groups (broad SMARTS) is 1. The third-order valence-corrected chi connectivity index (χ3v) is 3.90. The molecule has 1 aliphatic rings. The van der Waals surface area contributed by atoms with Gasteiger partial charge in [0.2, 0.25) is 0 Å². The number of fused-ring (bicyclic) bond motifs is 1. The van der Waals surface area contributed by atoms with Crippen LogP contribution >= 0.6 is 0 Å². The van der Waals surface area contributed by atoms with E-state index in [1.165, 1.54) is 4.90 Å². The van der Waals surface area contributed by atoms with Crippen molar-refractivity contribution >= 4 is 22.8 Å². The number of carboxylic acids is 1. The highest BCUT2D eigenvalue weighted by molar-refractivity contribution is 5.99. The summed E-state index contributed by atoms with van der Waals surface area (Å²) in [7, 11) is 0. The van der Waals surface area contributed by atoms with Gasteiger partial charge in [0, 0.05) is 23.7 Å². The lowest BCUT2D eigenvalue weighted by Crippen LogP contribution is -2.47. The number of likely N-dealkylation sites (tertiary alicyclic amines) is 1. The summed E-state index contributed by atoms with van der Waals surface area (Å²) in [6.07, 6.45) is 3.93. The first-order valence-corrected chi connectivity index (χ1v) is 7.05. The van der Waals surface area contributed by atoms with Crippen LogP contribution in [0.5, 0.6) is 0 Å². The second kappa shape index (κ2) is 5.52. The zero-order valence-electron chi connectivity index (χ0n) is 11.5. The van der Waals surface area contributed by atoms with E-state index in [4.69, 9.17) is 0 Å². The molecule has 0 radical (unpaired) electrons. The largest absolute Gasteiger partial charge is 0.480 e. The topological polar surface area (TPSA) is 70.5 Å². The molecule has 1 unspecified atom stereocenters. The molecule has 1 saturated heterocycles. The summed E-state index contributed by atoms with van der Waals surface area (Å²) in [5.41, 5.74) is 1.34. The maximum atomic E-state index is 12.6. The zero-order chi connectivity index (χ0) is 14.8. The van der Waals surface area contributed by atoms with E-state index in [1.807, 2.05) is 12.1 Å². The van der Waals surface area contributed by atoms with Crippen molar-refractivity contribution in [2.45, 2.75) is 25.3 Å². The number of hydrogen-bond acceptors (Lipinski definition) is 3. The molecular formula is C16H16N2O3. The molecule has 1 atom stereocenters. The Bertz CT molecular complexity index is 699. The van der Waals surface area contributed by atoms with Gasteiger partial charge in [-0.2, -0.15) is 0 Å². The van der Waals surface area contributed by atoms with Gasteiger partial charge in [-0.25, -0.2) is 4.79 Å². The number of aliphatic carboxylic acids is 1. The quantitative estimate of drug-likeness (QED) is 0.918. The van der Waals surface area contributed by atoms with Crippen molar-refractivity contribution in [1.29, 1.82) is 0 Å². The maximum Gasteiger partial charge on any atom is 0.326 e. The molecule has 1 fully saturated rings. The Morgan fingerprint density at radius 3 is 2.90 bits per heavy atom. The fourth-order valence-electron chi connectivity index (χ4n) is 2.81. The molecular weight excluding hydrogens is 268 g/mol. The monoisotopic (exact) mass is 284 g/mol. The van der Waals surface area contributed by atoms with Crippen LogP contribution in [0.3, 0.4) is 0 Å². The molecule has 1 N–H and O–H groups in total. The molecule has 1 aromatic heterocycles. The van der Waals surface area contributed by atoms with Crippen LogP contribution in [-0.2, 0) is 4.79 Å². The van der Waals surface area contributed by atoms with Crippen LogP contribution in [-0.4, -0.2) is 39.5 Å². The number of amides is 1. The predicted octanol–water partition coefficient (Wildman–Crippen LogP) is 2.31. The first kappa shape index (κ1) is 13.5. The van der Waals surface area contributed by atoms with Gasteiger partial charge >= 0.3 is 5.97 Å². The first-order chi connectivity index (χ1) is 10.2. The molecule has 3 rings (SSSR count). The Kier molecular flexibility index (Phi) is 3.56. The lowest BCUT2D eigenvalue weighted by atomic mass is 10.0. The van der Waals surface area contributed by atoms with Gasteiger partial charge in [0.25, 0.3) is 5.91 Å². The number of nitrogens with zero attached hydrogens (tertiary/aromatic N) is 2. The number of carbonyl (C=O) groups excluding carboxylic acids is 1. The van der Waals surface area contributed by atoms with E-state index in [0.29, 0.717) is 18.5 Å². The SMILES string of the molecule is O=C(O)C1CCCCN1C(=O)c1ccc2ncccc2c1. The standard InChI is InChI=1S/C16H16N2O3/c19-15(18-9-2-1-5-14(18)16(20)21)12-6-7-13-11(10-12)4-3-8-17-13/h3-4,6-8,10,14H,1-2,5,9H2,(H,20,21). The van der Waals surface area contributed by atoms with E-state index >= 15 is 0 Å². The third kappa shape index (κ3) is 2.59. The number of carbonyl (C=O) groups is 2. The summed E-state index contributed by atoms with van der Waals surface area (Å²) in [5.74, 6) is -1.14. The Morgan fingerprint density at radius 1 is 1.24 bits per heavy atom. The highest BCUT2D eigenvalue weighted by Crippen LogP contribution is 2.21. The Labute approximate surface area is 122 Å². The average Bonchev–Trinajstić information content (AvgIpc) is 2.53. The molecule has 0 spiro atoms. The molecule has 1 aromatic carbocycles. The molecule has 2 aromatic rings. The first-order valence-electron chi connectivity index (χ1n) is 7.05. The van der Waals surface area contributed by atoms with Crippen LogP contribution in [0.25, 0.3) is 10.9 Å². The highest BCUT2D eigenvalue weighted by Gasteiger charge is 2.32. The molecule has 0 saturated carbocycles. The van der Waals surface area contributed by atoms with Gasteiger partial charge in [0.15, 0.2) is 0 Å². The fraction of sp³-hybridized carbons (Fsp3) is 0.312. The normalized spacial score (nSPS) is 18.7. The van der Waals surface area contributed by atoms with E-state index < -0.39 is 12.0 Å². The lowest BCUT2D eigenvalue weighted by molar-refractivity contribution is -0.143. The number of rotatable bonds is 2. The third-order valence-electron chi connectivity index (χ3n) is 3.90. The van der Waals surface area contributed by atoms with E-state index in [0.717, 1.165) is 23.7 Å². The minimum atomic E-state index is -0.925. The number of hydrogen-bond donors (Lipinski definition) is 1. The Hall–Kier alpha value is -2.43. The van der Waals surface area contributed by atoms with E-state index in [1.54, 1.807) is 24.4 Å². The molecule has 5 heteroatoms. The van der Waals surface area contributed by atoms with Crippen LogP contribution in [0.4, 0.5) is 0 Å². The van der Waals surface area contributed by atoms with Crippen molar-refractivity contribution in [3.8, 4) is 0 Å². The molecule has 21 heavy (non-hydrogen) atoms. The highest BCUT2D eigenvalue weighted by atomic mass is 16.4. The lowest BCUT2D eigenvalue weighted by Gasteiger charge is -2.33. The number of pyridine rings is 1. The van der Waals surface area contributed by atoms with Gasteiger partial charge in [0.05, 0.1) is 5.52 Å². The number of benzene rings is 1. The molecule has 1 aliphatic heterocycles. The second-order valence-electron chi connectivity index (χ2n) is 5.26. The summed E-state index contributed by atoms with van der Waals surface area (Å²) in [6, 6.07) is 8.28. The van der Waals surface area contributed by atoms with E-state index in [-0.39, 0.29) is 5.91 Å². The fourth-order valence-corrected chi connectivity index (χ4v) is 2.81. The smallest absolute Gasteiger partial charge is 0.326 e. The van der Waals surface area contributed by atoms with Crippen LogP contribution in [0.2, 0.25) is 0 Å². The molecule has 0 bridgehead atoms. The molecule has 108 valence electrons. The van der Waals surface area contributed by atoms with E-state index in [2.05, 4.69) is 4.98 Å². The van der Waals surface area contributed by atoms with Crippen LogP contribution in [0, 0.1) is 0 Å². The second-order valence-corrected chi connectivity index (χ2v) is 5.26. The van der Waals surface area contributed by atoms with Crippen molar-refractivity contribution in [2.24, 2.45) is 0 Å². The average molecular weight is 284 g/mol. The molecule has 5 nitrogen and oxygen atoms in total. The van der Waals surface area contributed by atoms with Crippen LogP contribution in [0.1, 0.15) is 29.6 Å². The van der Waals surface area contributed by atoms with Gasteiger partial charge in [-0.3, -0.25) is 9.78 Å². The minimum absolute atomic E-state index is 0.215. The zero-order valence-corrected chi connectivity index (χ0v) is 11.5. The number of piperidine rings is 1. The summed E-state index contributed by atoms with van der Waals surface area (Å²) in [5, 5.41) is 10.2. The molecule has 0 aliphatic carbocycles. The van der Waals surface area contributed by atoms with Gasteiger partial charge in [-0.05, 0) is 43.5 Å². The van der Waals surface area contributed by atoms with Crippen molar-refractivity contribution in [1.82, 2.24) is 9.88 Å². The van der Waals surface area contributed by atoms with Gasteiger partial charge in [-0.1, -0.05) is 6.07 Å². The predicted molar refractivity (Wildman–Crippen MR) is 78.1 cm³/mol. The van der Waals surface area contributed by atoms with Gasteiger partial charge < -0.3 is 10.0 Å². The minimum Gasteiger partial charge on any atom is -0.480 e. The van der Waals surface area contributed by atoms with Crippen molar-refractivity contribution in [3.63, 3.8) is 0 Å². The summed E-state index contributed by atoms with van der Waals surface area (Å²) in [4.78, 5) is 29.6. The maximum absolute atomic E-state index is 12.6.